The molecule has 1 aliphatic heterocycles. The van der Waals surface area contributed by atoms with Crippen molar-refractivity contribution in [1.82, 2.24) is 0 Å². The minimum absolute atomic E-state index is 0.0178. The van der Waals surface area contributed by atoms with Crippen molar-refractivity contribution < 1.29 is 33.7 Å². The van der Waals surface area contributed by atoms with E-state index in [9.17, 15) is 29.0 Å². The lowest BCUT2D eigenvalue weighted by Gasteiger charge is -2.49. The van der Waals surface area contributed by atoms with Crippen LogP contribution < -0.4 is 4.90 Å². The van der Waals surface area contributed by atoms with Gasteiger partial charge in [-0.1, -0.05) is 62.6 Å². The number of ether oxygens (including phenoxy) is 1. The van der Waals surface area contributed by atoms with Gasteiger partial charge in [0.05, 0.1) is 24.0 Å². The molecule has 1 saturated heterocycles. The van der Waals surface area contributed by atoms with Crippen molar-refractivity contribution in [3.63, 3.8) is 0 Å². The molecule has 0 saturated carbocycles. The third-order valence-electron chi connectivity index (χ3n) is 8.74. The van der Waals surface area contributed by atoms with E-state index in [2.05, 4.69) is 54.2 Å². The van der Waals surface area contributed by atoms with Crippen LogP contribution in [0.3, 0.4) is 0 Å². The lowest BCUT2D eigenvalue weighted by atomic mass is 9.75. The average Bonchev–Trinajstić information content (AvgIpc) is 3.03. The molecule has 0 spiro atoms. The molecule has 4 rings (SSSR count). The highest BCUT2D eigenvalue weighted by molar-refractivity contribution is 6.04. The Hall–Kier alpha value is -3.96. The number of hydrogen-bond donors (Lipinski definition) is 2. The zero-order valence-electron chi connectivity index (χ0n) is 25.3. The number of aliphatic hydroxyl groups excluding tert-OH is 1. The van der Waals surface area contributed by atoms with E-state index in [-0.39, 0.29) is 36.9 Å². The van der Waals surface area contributed by atoms with E-state index < -0.39 is 23.8 Å². The number of nitrogens with zero attached hydrogens (tertiary/aromatic N) is 1. The number of aliphatic hydroxyl groups is 1. The van der Waals surface area contributed by atoms with Crippen molar-refractivity contribution in [2.24, 2.45) is 17.8 Å². The highest BCUT2D eigenvalue weighted by atomic mass is 19.1. The minimum Gasteiger partial charge on any atom is -0.481 e. The number of benzene rings is 1. The molecular formula is C36H42FNO6. The molecule has 8 heteroatoms. The number of carboxylic acid groups (broad SMARTS) is 1. The smallest absolute Gasteiger partial charge is 0.309 e. The molecule has 2 N–H and O–H groups in total. The maximum atomic E-state index is 13.6. The Kier molecular flexibility index (Phi) is 12.1. The second-order valence-corrected chi connectivity index (χ2v) is 11.8. The molecule has 7 nitrogen and oxygen atoms in total. The van der Waals surface area contributed by atoms with E-state index in [0.29, 0.717) is 31.2 Å². The van der Waals surface area contributed by atoms with Crippen LogP contribution in [0, 0.1) is 35.7 Å². The van der Waals surface area contributed by atoms with Gasteiger partial charge in [-0.2, -0.15) is 4.39 Å². The Labute approximate surface area is 259 Å². The monoisotopic (exact) mass is 603 g/mol. The SMILES string of the molecule is CCCCCc1ccc(N2C(=O)C(CCC(O)c3c#cc(F)cc3)C2C2=CCC(CCCC(COC=O)C(=O)O)C=C2)cc1. The number of amides is 1. The number of anilines is 1. The minimum atomic E-state index is -0.969. The van der Waals surface area contributed by atoms with Crippen LogP contribution in [0.1, 0.15) is 81.9 Å². The number of carboxylic acids is 1. The molecule has 0 bridgehead atoms. The number of β-lactam (4-membered cyclic amide) rings is 1. The summed E-state index contributed by atoms with van der Waals surface area (Å²) < 4.78 is 17.9. The van der Waals surface area contributed by atoms with Gasteiger partial charge in [-0.05, 0) is 92.3 Å². The molecule has 5 unspecified atom stereocenters. The van der Waals surface area contributed by atoms with Gasteiger partial charge in [0, 0.05) is 11.3 Å². The summed E-state index contributed by atoms with van der Waals surface area (Å²) in [7, 11) is 0. The van der Waals surface area contributed by atoms with Gasteiger partial charge in [0.25, 0.3) is 6.47 Å². The number of hydrogen-bond acceptors (Lipinski definition) is 5. The first-order valence-electron chi connectivity index (χ1n) is 15.7. The van der Waals surface area contributed by atoms with Gasteiger partial charge in [-0.3, -0.25) is 14.4 Å². The van der Waals surface area contributed by atoms with Crippen molar-refractivity contribution in [2.75, 3.05) is 11.5 Å². The summed E-state index contributed by atoms with van der Waals surface area (Å²) in [5.41, 5.74) is 3.61. The quantitative estimate of drug-likeness (QED) is 0.114. The molecule has 1 amide bonds. The number of halogens is 1. The summed E-state index contributed by atoms with van der Waals surface area (Å²) in [6.07, 6.45) is 13.5. The number of aliphatic carboxylic acids is 1. The van der Waals surface area contributed by atoms with E-state index in [1.165, 1.54) is 24.1 Å². The first-order valence-corrected chi connectivity index (χ1v) is 15.7. The second kappa shape index (κ2) is 16.2. The van der Waals surface area contributed by atoms with Gasteiger partial charge >= 0.3 is 5.97 Å². The lowest BCUT2D eigenvalue weighted by Crippen LogP contribution is -2.62. The van der Waals surface area contributed by atoms with Crippen LogP contribution in [0.2, 0.25) is 0 Å². The highest BCUT2D eigenvalue weighted by Gasteiger charge is 2.49. The Morgan fingerprint density at radius 2 is 1.91 bits per heavy atom. The van der Waals surface area contributed by atoms with E-state index in [4.69, 9.17) is 0 Å². The zero-order chi connectivity index (χ0) is 31.5. The molecule has 1 fully saturated rings. The standard InChI is InChI=1S/C36H42FNO6/c1-2-3-4-6-25-11-19-31(20-12-25)38-34(32(35(38)41)21-22-33(40)27-15-17-30(37)18-16-27)28-13-9-26(10-14-28)7-5-8-29(36(42)43)23-44-24-39/h9,11-15,17,19-20,24,26,29,32-34,40H,2-8,10,21-23H2,1H3,(H,42,43). The van der Waals surface area contributed by atoms with Gasteiger partial charge in [0.15, 0.2) is 5.82 Å². The fraction of sp³-hybridized carbons (Fsp3) is 0.472. The van der Waals surface area contributed by atoms with Crippen LogP contribution in [0.15, 0.2) is 60.2 Å². The molecular weight excluding hydrogens is 561 g/mol. The van der Waals surface area contributed by atoms with Crippen LogP contribution in [0.25, 0.3) is 0 Å². The van der Waals surface area contributed by atoms with Gasteiger partial charge in [0.2, 0.25) is 5.91 Å². The van der Waals surface area contributed by atoms with Crippen molar-refractivity contribution in [3.8, 4) is 0 Å². The van der Waals surface area contributed by atoms with E-state index in [1.54, 1.807) is 0 Å². The number of carbonyl (C=O) groups is 3. The Morgan fingerprint density at radius 1 is 1.11 bits per heavy atom. The largest absolute Gasteiger partial charge is 0.481 e. The fourth-order valence-electron chi connectivity index (χ4n) is 6.14. The van der Waals surface area contributed by atoms with Crippen LogP contribution in [0.4, 0.5) is 10.1 Å². The molecule has 0 aromatic heterocycles. The fourth-order valence-corrected chi connectivity index (χ4v) is 6.14. The number of carbonyl (C=O) groups excluding carboxylic acids is 2. The molecule has 234 valence electrons. The maximum Gasteiger partial charge on any atom is 0.309 e. The molecule has 2 aliphatic rings. The predicted octanol–water partition coefficient (Wildman–Crippen LogP) is 6.55. The molecule has 1 aliphatic carbocycles. The number of allylic oxidation sites excluding steroid dienone is 2. The maximum absolute atomic E-state index is 13.6. The number of rotatable bonds is 18. The van der Waals surface area contributed by atoms with Gasteiger partial charge < -0.3 is 19.8 Å². The summed E-state index contributed by atoms with van der Waals surface area (Å²) >= 11 is 0. The van der Waals surface area contributed by atoms with Crippen LogP contribution >= 0.6 is 0 Å². The average molecular weight is 604 g/mol. The number of aryl methyl sites for hydroxylation is 1. The molecule has 5 atom stereocenters. The Balaban J connectivity index is 1.42. The predicted molar refractivity (Wildman–Crippen MR) is 165 cm³/mol. The summed E-state index contributed by atoms with van der Waals surface area (Å²) in [6, 6.07) is 15.8. The first kappa shape index (κ1) is 32.9. The van der Waals surface area contributed by atoms with Crippen molar-refractivity contribution in [2.45, 2.75) is 83.3 Å². The topological polar surface area (TPSA) is 104 Å². The molecule has 44 heavy (non-hydrogen) atoms. The van der Waals surface area contributed by atoms with E-state index >= 15 is 0 Å². The zero-order valence-corrected chi connectivity index (χ0v) is 25.3. The van der Waals surface area contributed by atoms with Crippen molar-refractivity contribution >= 4 is 24.0 Å². The molecule has 0 radical (unpaired) electrons. The van der Waals surface area contributed by atoms with Gasteiger partial charge in [-0.15, -0.1) is 0 Å². The van der Waals surface area contributed by atoms with Gasteiger partial charge in [-0.25, -0.2) is 0 Å². The molecule has 1 heterocycles. The third-order valence-corrected chi connectivity index (χ3v) is 8.74. The summed E-state index contributed by atoms with van der Waals surface area (Å²) in [4.78, 5) is 37.3. The van der Waals surface area contributed by atoms with E-state index in [1.807, 2.05) is 17.0 Å². The molecule has 2 aromatic rings. The van der Waals surface area contributed by atoms with Crippen LogP contribution in [0.5, 0.6) is 0 Å². The first-order chi connectivity index (χ1) is 21.3. The summed E-state index contributed by atoms with van der Waals surface area (Å²) in [5.74, 6) is -2.26. The second-order valence-electron chi connectivity index (χ2n) is 11.8. The Bertz CT molecular complexity index is 1300. The van der Waals surface area contributed by atoms with Gasteiger partial charge in [0.1, 0.15) is 6.61 Å². The third kappa shape index (κ3) is 8.57. The summed E-state index contributed by atoms with van der Waals surface area (Å²) in [6.45, 7) is 2.34. The highest BCUT2D eigenvalue weighted by Crippen LogP contribution is 2.42. The van der Waals surface area contributed by atoms with E-state index in [0.717, 1.165) is 43.4 Å². The lowest BCUT2D eigenvalue weighted by molar-refractivity contribution is -0.146. The van der Waals surface area contributed by atoms with Crippen LogP contribution in [-0.2, 0) is 25.5 Å². The summed E-state index contributed by atoms with van der Waals surface area (Å²) in [5, 5.41) is 20.1. The van der Waals surface area contributed by atoms with Crippen LogP contribution in [-0.4, -0.2) is 41.2 Å². The molecule has 2 aromatic carbocycles. The number of unbranched alkanes of at least 4 members (excludes halogenated alkanes) is 2. The Morgan fingerprint density at radius 3 is 2.55 bits per heavy atom. The normalized spacial score (nSPS) is 20.7. The van der Waals surface area contributed by atoms with Crippen molar-refractivity contribution in [1.29, 1.82) is 0 Å². The van der Waals surface area contributed by atoms with Crippen molar-refractivity contribution in [3.05, 3.63) is 89.3 Å².